The Kier molecular flexibility index (Phi) is 5.51. The number of benzene rings is 1. The second-order valence-electron chi connectivity index (χ2n) is 5.68. The van der Waals surface area contributed by atoms with Crippen molar-refractivity contribution in [3.05, 3.63) is 35.4 Å². The first-order valence-corrected chi connectivity index (χ1v) is 7.50. The van der Waals surface area contributed by atoms with Crippen molar-refractivity contribution in [3.63, 3.8) is 0 Å². The Hall–Kier alpha value is -1.68. The molecule has 1 aromatic rings. The van der Waals surface area contributed by atoms with Crippen LogP contribution in [0.3, 0.4) is 0 Å². The molecule has 114 valence electrons. The van der Waals surface area contributed by atoms with Gasteiger partial charge >= 0.3 is 5.97 Å². The maximum Gasteiger partial charge on any atom is 0.308 e. The topological polar surface area (TPSA) is 46.6 Å². The molecule has 0 aromatic heterocycles. The lowest BCUT2D eigenvalue weighted by molar-refractivity contribution is -0.147. The molecule has 1 aliphatic heterocycles. The van der Waals surface area contributed by atoms with Gasteiger partial charge in [-0.25, -0.2) is 0 Å². The summed E-state index contributed by atoms with van der Waals surface area (Å²) in [6.45, 7) is 4.50. The average molecular weight is 289 g/mol. The first-order valence-electron chi connectivity index (χ1n) is 7.50. The van der Waals surface area contributed by atoms with E-state index in [1.54, 1.807) is 0 Å². The zero-order valence-electron chi connectivity index (χ0n) is 12.8. The molecule has 0 bridgehead atoms. The van der Waals surface area contributed by atoms with Crippen molar-refractivity contribution in [3.8, 4) is 0 Å². The fourth-order valence-electron chi connectivity index (χ4n) is 2.70. The Morgan fingerprint density at radius 3 is 2.38 bits per heavy atom. The maximum absolute atomic E-state index is 12.1. The Morgan fingerprint density at radius 2 is 1.81 bits per heavy atom. The molecule has 1 fully saturated rings. The third-order valence-electron chi connectivity index (χ3n) is 4.15. The average Bonchev–Trinajstić information content (AvgIpc) is 2.53. The molecule has 0 saturated carbocycles. The van der Waals surface area contributed by atoms with Crippen molar-refractivity contribution in [2.24, 2.45) is 5.92 Å². The third kappa shape index (κ3) is 4.39. The molecule has 4 heteroatoms. The van der Waals surface area contributed by atoms with Crippen LogP contribution in [0, 0.1) is 12.8 Å². The number of rotatable bonds is 5. The van der Waals surface area contributed by atoms with E-state index in [4.69, 9.17) is 4.74 Å². The predicted molar refractivity (Wildman–Crippen MR) is 81.3 cm³/mol. The minimum absolute atomic E-state index is 0.0269. The molecular weight excluding hydrogens is 266 g/mol. The van der Waals surface area contributed by atoms with Crippen molar-refractivity contribution >= 4 is 11.8 Å². The highest BCUT2D eigenvalue weighted by Crippen LogP contribution is 2.18. The van der Waals surface area contributed by atoms with Gasteiger partial charge in [-0.3, -0.25) is 9.59 Å². The van der Waals surface area contributed by atoms with Gasteiger partial charge in [-0.15, -0.1) is 0 Å². The molecule has 0 atom stereocenters. The molecule has 0 radical (unpaired) electrons. The number of aryl methyl sites for hydroxylation is 1. The van der Waals surface area contributed by atoms with Gasteiger partial charge in [0.1, 0.15) is 0 Å². The summed E-state index contributed by atoms with van der Waals surface area (Å²) in [5.41, 5.74) is 1.95. The van der Waals surface area contributed by atoms with E-state index in [2.05, 4.69) is 4.90 Å². The molecule has 21 heavy (non-hydrogen) atoms. The van der Waals surface area contributed by atoms with E-state index < -0.39 is 0 Å². The molecular formula is C17H23NO3. The summed E-state index contributed by atoms with van der Waals surface area (Å²) in [5, 5.41) is 0. The van der Waals surface area contributed by atoms with E-state index in [1.165, 1.54) is 7.11 Å². The number of nitrogens with zero attached hydrogens (tertiary/aromatic N) is 1. The Morgan fingerprint density at radius 1 is 1.19 bits per heavy atom. The van der Waals surface area contributed by atoms with Crippen LogP contribution in [0.25, 0.3) is 0 Å². The molecule has 1 aliphatic rings. The highest BCUT2D eigenvalue weighted by molar-refractivity contribution is 5.96. The lowest BCUT2D eigenvalue weighted by Crippen LogP contribution is -2.37. The highest BCUT2D eigenvalue weighted by atomic mass is 16.5. The molecule has 0 spiro atoms. The van der Waals surface area contributed by atoms with Gasteiger partial charge in [-0.05, 0) is 32.9 Å². The summed E-state index contributed by atoms with van der Waals surface area (Å²) in [5.74, 6) is 0.106. The van der Waals surface area contributed by atoms with E-state index in [1.807, 2.05) is 31.2 Å². The third-order valence-corrected chi connectivity index (χ3v) is 4.15. The van der Waals surface area contributed by atoms with Crippen LogP contribution in [0.5, 0.6) is 0 Å². The van der Waals surface area contributed by atoms with E-state index in [9.17, 15) is 9.59 Å². The smallest absolute Gasteiger partial charge is 0.308 e. The second kappa shape index (κ2) is 7.36. The molecule has 1 aromatic carbocycles. The van der Waals surface area contributed by atoms with Crippen LogP contribution >= 0.6 is 0 Å². The van der Waals surface area contributed by atoms with Crippen LogP contribution in [-0.4, -0.2) is 43.4 Å². The number of hydrogen-bond donors (Lipinski definition) is 0. The zero-order valence-corrected chi connectivity index (χ0v) is 12.8. The van der Waals surface area contributed by atoms with Gasteiger partial charge in [-0.1, -0.05) is 29.8 Å². The lowest BCUT2D eigenvalue weighted by atomic mass is 9.96. The fourth-order valence-corrected chi connectivity index (χ4v) is 2.70. The van der Waals surface area contributed by atoms with Crippen molar-refractivity contribution in [1.82, 2.24) is 4.90 Å². The Bertz CT molecular complexity index is 487. The summed E-state index contributed by atoms with van der Waals surface area (Å²) in [6.07, 6.45) is 2.18. The number of hydrogen-bond acceptors (Lipinski definition) is 4. The van der Waals surface area contributed by atoms with E-state index in [-0.39, 0.29) is 17.7 Å². The first-order chi connectivity index (χ1) is 10.1. The van der Waals surface area contributed by atoms with Crippen LogP contribution in [0.2, 0.25) is 0 Å². The van der Waals surface area contributed by atoms with E-state index in [0.29, 0.717) is 6.42 Å². The van der Waals surface area contributed by atoms with Gasteiger partial charge in [0.25, 0.3) is 0 Å². The lowest BCUT2D eigenvalue weighted by Gasteiger charge is -2.30. The number of likely N-dealkylation sites (tertiary alicyclic amines) is 1. The van der Waals surface area contributed by atoms with Gasteiger partial charge in [0, 0.05) is 18.5 Å². The van der Waals surface area contributed by atoms with E-state index in [0.717, 1.165) is 43.6 Å². The first kappa shape index (κ1) is 15.7. The zero-order chi connectivity index (χ0) is 15.2. The fraction of sp³-hybridized carbons (Fsp3) is 0.529. The number of methoxy groups -OCH3 is 1. The maximum atomic E-state index is 12.1. The van der Waals surface area contributed by atoms with Crippen LogP contribution in [0.1, 0.15) is 35.2 Å². The second-order valence-corrected chi connectivity index (χ2v) is 5.68. The summed E-state index contributed by atoms with van der Waals surface area (Å²) < 4.78 is 4.78. The molecule has 0 N–H and O–H groups in total. The SMILES string of the molecule is COC(=O)C1CCN(CCC(=O)c2ccc(C)cc2)CC1. The largest absolute Gasteiger partial charge is 0.469 e. The van der Waals surface area contributed by atoms with Crippen LogP contribution in [0.15, 0.2) is 24.3 Å². The summed E-state index contributed by atoms with van der Waals surface area (Å²) in [7, 11) is 1.44. The number of ether oxygens (including phenoxy) is 1. The Balaban J connectivity index is 1.75. The van der Waals surface area contributed by atoms with Crippen molar-refractivity contribution in [1.29, 1.82) is 0 Å². The standard InChI is InChI=1S/C17H23NO3/c1-13-3-5-14(6-4-13)16(19)9-12-18-10-7-15(8-11-18)17(20)21-2/h3-6,15H,7-12H2,1-2H3. The molecule has 1 heterocycles. The van der Waals surface area contributed by atoms with Crippen molar-refractivity contribution in [2.75, 3.05) is 26.7 Å². The summed E-state index contributed by atoms with van der Waals surface area (Å²) in [4.78, 5) is 25.8. The Labute approximate surface area is 126 Å². The van der Waals surface area contributed by atoms with Crippen LogP contribution in [0.4, 0.5) is 0 Å². The minimum atomic E-state index is -0.106. The summed E-state index contributed by atoms with van der Waals surface area (Å²) >= 11 is 0. The molecule has 1 saturated heterocycles. The van der Waals surface area contributed by atoms with Crippen molar-refractivity contribution < 1.29 is 14.3 Å². The monoisotopic (exact) mass is 289 g/mol. The minimum Gasteiger partial charge on any atom is -0.469 e. The normalized spacial score (nSPS) is 16.7. The predicted octanol–water partition coefficient (Wildman–Crippen LogP) is 2.45. The van der Waals surface area contributed by atoms with Gasteiger partial charge in [0.2, 0.25) is 0 Å². The van der Waals surface area contributed by atoms with Crippen LogP contribution in [-0.2, 0) is 9.53 Å². The molecule has 0 amide bonds. The molecule has 0 unspecified atom stereocenters. The number of carbonyl (C=O) groups excluding carboxylic acids is 2. The van der Waals surface area contributed by atoms with Crippen molar-refractivity contribution in [2.45, 2.75) is 26.2 Å². The molecule has 2 rings (SSSR count). The number of ketones is 1. The number of Topliss-reactive ketones (excluding diaryl/α,β-unsaturated/α-hetero) is 1. The van der Waals surface area contributed by atoms with Crippen LogP contribution < -0.4 is 0 Å². The van der Waals surface area contributed by atoms with Gasteiger partial charge in [0.15, 0.2) is 5.78 Å². The summed E-state index contributed by atoms with van der Waals surface area (Å²) in [6, 6.07) is 7.71. The number of carbonyl (C=O) groups is 2. The quantitative estimate of drug-likeness (QED) is 0.617. The van der Waals surface area contributed by atoms with Gasteiger partial charge < -0.3 is 9.64 Å². The van der Waals surface area contributed by atoms with Gasteiger partial charge in [-0.2, -0.15) is 0 Å². The van der Waals surface area contributed by atoms with Gasteiger partial charge in [0.05, 0.1) is 13.0 Å². The van der Waals surface area contributed by atoms with E-state index >= 15 is 0 Å². The number of piperidine rings is 1. The molecule has 0 aliphatic carbocycles. The number of esters is 1. The molecule has 4 nitrogen and oxygen atoms in total. The highest BCUT2D eigenvalue weighted by Gasteiger charge is 2.25.